The molecule has 0 saturated heterocycles. The third-order valence-corrected chi connectivity index (χ3v) is 5.32. The number of benzene rings is 1. The van der Waals surface area contributed by atoms with Crippen LogP contribution in [-0.2, 0) is 16.1 Å². The standard InChI is InChI=1S/C21H34N4O3/c1-22-20(24-16-21(9-6-10-21)11-12-27-4)23-14-17-7-5-8-18(13-17)28-15-19(26)25(2)3/h5,7-8,13H,6,9-12,14-16H2,1-4H3,(H2,22,23,24). The number of hydrogen-bond donors (Lipinski definition) is 2. The average molecular weight is 391 g/mol. The minimum Gasteiger partial charge on any atom is -0.484 e. The fraction of sp³-hybridized carbons (Fsp3) is 0.619. The highest BCUT2D eigenvalue weighted by Gasteiger charge is 2.36. The second-order valence-corrected chi connectivity index (χ2v) is 7.60. The molecule has 1 aliphatic rings. The first-order valence-corrected chi connectivity index (χ1v) is 9.83. The van der Waals surface area contributed by atoms with Crippen molar-refractivity contribution in [2.24, 2.45) is 10.4 Å². The number of ether oxygens (including phenoxy) is 2. The molecule has 0 heterocycles. The highest BCUT2D eigenvalue weighted by Crippen LogP contribution is 2.43. The third kappa shape index (κ3) is 6.71. The van der Waals surface area contributed by atoms with Gasteiger partial charge in [-0.15, -0.1) is 0 Å². The van der Waals surface area contributed by atoms with Crippen LogP contribution in [0.2, 0.25) is 0 Å². The lowest BCUT2D eigenvalue weighted by Gasteiger charge is -2.42. The summed E-state index contributed by atoms with van der Waals surface area (Å²) in [6.45, 7) is 2.38. The Morgan fingerprint density at radius 1 is 1.29 bits per heavy atom. The van der Waals surface area contributed by atoms with Crippen molar-refractivity contribution in [2.45, 2.75) is 32.2 Å². The molecule has 0 aromatic heterocycles. The number of aliphatic imine (C=N–C) groups is 1. The van der Waals surface area contributed by atoms with E-state index >= 15 is 0 Å². The molecule has 7 heteroatoms. The zero-order valence-electron chi connectivity index (χ0n) is 17.6. The molecular weight excluding hydrogens is 356 g/mol. The highest BCUT2D eigenvalue weighted by atomic mass is 16.5. The number of guanidine groups is 1. The van der Waals surface area contributed by atoms with Crippen LogP contribution in [0.1, 0.15) is 31.2 Å². The number of nitrogens with one attached hydrogen (secondary N) is 2. The highest BCUT2D eigenvalue weighted by molar-refractivity contribution is 5.79. The number of carbonyl (C=O) groups excluding carboxylic acids is 1. The van der Waals surface area contributed by atoms with E-state index in [4.69, 9.17) is 9.47 Å². The molecule has 7 nitrogen and oxygen atoms in total. The van der Waals surface area contributed by atoms with Crippen LogP contribution >= 0.6 is 0 Å². The molecule has 156 valence electrons. The number of likely N-dealkylation sites (N-methyl/N-ethyl adjacent to an activating group) is 1. The van der Waals surface area contributed by atoms with Crippen LogP contribution in [0.25, 0.3) is 0 Å². The number of rotatable bonds is 10. The Labute approximate surface area is 168 Å². The van der Waals surface area contributed by atoms with Crippen LogP contribution < -0.4 is 15.4 Å². The first-order chi connectivity index (χ1) is 13.5. The summed E-state index contributed by atoms with van der Waals surface area (Å²) in [7, 11) is 6.97. The van der Waals surface area contributed by atoms with Gasteiger partial charge in [0.1, 0.15) is 5.75 Å². The van der Waals surface area contributed by atoms with Gasteiger partial charge in [-0.2, -0.15) is 0 Å². The van der Waals surface area contributed by atoms with E-state index in [1.165, 1.54) is 24.2 Å². The molecule has 0 unspecified atom stereocenters. The van der Waals surface area contributed by atoms with Crippen molar-refractivity contribution >= 4 is 11.9 Å². The first-order valence-electron chi connectivity index (χ1n) is 9.83. The number of amides is 1. The van der Waals surface area contributed by atoms with Gasteiger partial charge in [-0.3, -0.25) is 9.79 Å². The van der Waals surface area contributed by atoms with Gasteiger partial charge in [0.15, 0.2) is 12.6 Å². The predicted octanol–water partition coefficient (Wildman–Crippen LogP) is 2.03. The molecule has 1 aromatic rings. The van der Waals surface area contributed by atoms with Crippen molar-refractivity contribution in [2.75, 3.05) is 48.0 Å². The molecule has 0 atom stereocenters. The van der Waals surface area contributed by atoms with Crippen LogP contribution in [0.15, 0.2) is 29.3 Å². The zero-order valence-corrected chi connectivity index (χ0v) is 17.6. The van der Waals surface area contributed by atoms with Gasteiger partial charge in [0, 0.05) is 47.9 Å². The van der Waals surface area contributed by atoms with E-state index < -0.39 is 0 Å². The average Bonchev–Trinajstić information content (AvgIpc) is 2.67. The predicted molar refractivity (Wildman–Crippen MR) is 112 cm³/mol. The van der Waals surface area contributed by atoms with Gasteiger partial charge in [0.2, 0.25) is 0 Å². The maximum Gasteiger partial charge on any atom is 0.259 e. The van der Waals surface area contributed by atoms with Crippen molar-refractivity contribution in [3.63, 3.8) is 0 Å². The molecule has 1 amide bonds. The second kappa shape index (κ2) is 10.9. The normalized spacial score (nSPS) is 15.5. The largest absolute Gasteiger partial charge is 0.484 e. The second-order valence-electron chi connectivity index (χ2n) is 7.60. The molecule has 28 heavy (non-hydrogen) atoms. The van der Waals surface area contributed by atoms with Gasteiger partial charge in [-0.1, -0.05) is 18.6 Å². The van der Waals surface area contributed by atoms with Crippen molar-refractivity contribution in [1.29, 1.82) is 0 Å². The summed E-state index contributed by atoms with van der Waals surface area (Å²) in [6.07, 6.45) is 4.86. The molecule has 1 aliphatic carbocycles. The summed E-state index contributed by atoms with van der Waals surface area (Å²) in [5.74, 6) is 1.41. The van der Waals surface area contributed by atoms with Gasteiger partial charge >= 0.3 is 0 Å². The molecule has 2 N–H and O–H groups in total. The van der Waals surface area contributed by atoms with Crippen molar-refractivity contribution in [3.8, 4) is 5.75 Å². The Morgan fingerprint density at radius 3 is 2.68 bits per heavy atom. The molecule has 1 aromatic carbocycles. The summed E-state index contributed by atoms with van der Waals surface area (Å²) >= 11 is 0. The Kier molecular flexibility index (Phi) is 8.57. The Balaban J connectivity index is 1.81. The van der Waals surface area contributed by atoms with Crippen molar-refractivity contribution in [3.05, 3.63) is 29.8 Å². The van der Waals surface area contributed by atoms with E-state index in [1.807, 2.05) is 24.3 Å². The van der Waals surface area contributed by atoms with Crippen LogP contribution in [0.5, 0.6) is 5.75 Å². The third-order valence-electron chi connectivity index (χ3n) is 5.32. The van der Waals surface area contributed by atoms with Crippen LogP contribution in [-0.4, -0.2) is 64.8 Å². The number of nitrogens with zero attached hydrogens (tertiary/aromatic N) is 2. The Morgan fingerprint density at radius 2 is 2.07 bits per heavy atom. The molecule has 1 saturated carbocycles. The molecular formula is C21H34N4O3. The molecule has 2 rings (SSSR count). The summed E-state index contributed by atoms with van der Waals surface area (Å²) in [5.41, 5.74) is 1.40. The van der Waals surface area contributed by atoms with E-state index in [0.717, 1.165) is 31.1 Å². The maximum atomic E-state index is 11.7. The lowest BCUT2D eigenvalue weighted by Crippen LogP contribution is -2.46. The van der Waals surface area contributed by atoms with Crippen molar-refractivity contribution < 1.29 is 14.3 Å². The summed E-state index contributed by atoms with van der Waals surface area (Å²) in [6, 6.07) is 7.74. The van der Waals surface area contributed by atoms with E-state index in [1.54, 1.807) is 28.3 Å². The van der Waals surface area contributed by atoms with E-state index in [0.29, 0.717) is 17.7 Å². The zero-order chi connectivity index (χ0) is 20.4. The van der Waals surface area contributed by atoms with Crippen LogP contribution in [0.3, 0.4) is 0 Å². The minimum atomic E-state index is -0.0634. The molecule has 0 spiro atoms. The monoisotopic (exact) mass is 390 g/mol. The van der Waals surface area contributed by atoms with E-state index in [9.17, 15) is 4.79 Å². The molecule has 0 bridgehead atoms. The summed E-state index contributed by atoms with van der Waals surface area (Å²) < 4.78 is 10.8. The number of carbonyl (C=O) groups is 1. The van der Waals surface area contributed by atoms with Gasteiger partial charge in [0.05, 0.1) is 0 Å². The summed E-state index contributed by atoms with van der Waals surface area (Å²) in [4.78, 5) is 17.5. The molecule has 0 radical (unpaired) electrons. The number of hydrogen-bond acceptors (Lipinski definition) is 4. The quantitative estimate of drug-likeness (QED) is 0.472. The van der Waals surface area contributed by atoms with E-state index in [2.05, 4.69) is 15.6 Å². The maximum absolute atomic E-state index is 11.7. The number of methoxy groups -OCH3 is 1. The summed E-state index contributed by atoms with van der Waals surface area (Å²) in [5, 5.41) is 6.81. The van der Waals surface area contributed by atoms with Crippen molar-refractivity contribution in [1.82, 2.24) is 15.5 Å². The minimum absolute atomic E-state index is 0.0384. The van der Waals surface area contributed by atoms with Crippen LogP contribution in [0, 0.1) is 5.41 Å². The SMILES string of the molecule is CN=C(NCc1cccc(OCC(=O)N(C)C)c1)NCC1(CCOC)CCC1. The Hall–Kier alpha value is -2.28. The lowest BCUT2D eigenvalue weighted by molar-refractivity contribution is -0.130. The van der Waals surface area contributed by atoms with Gasteiger partial charge in [0.25, 0.3) is 5.91 Å². The fourth-order valence-corrected chi connectivity index (χ4v) is 3.21. The molecule has 0 aliphatic heterocycles. The van der Waals surface area contributed by atoms with E-state index in [-0.39, 0.29) is 12.5 Å². The molecule has 1 fully saturated rings. The smallest absolute Gasteiger partial charge is 0.259 e. The van der Waals surface area contributed by atoms with Gasteiger partial charge in [-0.05, 0) is 42.4 Å². The topological polar surface area (TPSA) is 75.2 Å². The first kappa shape index (κ1) is 22.0. The fourth-order valence-electron chi connectivity index (χ4n) is 3.21. The van der Waals surface area contributed by atoms with Crippen LogP contribution in [0.4, 0.5) is 0 Å². The van der Waals surface area contributed by atoms with Gasteiger partial charge < -0.3 is 25.0 Å². The lowest BCUT2D eigenvalue weighted by atomic mass is 9.67. The Bertz CT molecular complexity index is 657. The van der Waals surface area contributed by atoms with Gasteiger partial charge in [-0.25, -0.2) is 0 Å².